The Morgan fingerprint density at radius 2 is 2.00 bits per heavy atom. The third kappa shape index (κ3) is 5.05. The fourth-order valence-electron chi connectivity index (χ4n) is 3.37. The predicted molar refractivity (Wildman–Crippen MR) is 102 cm³/mol. The molecule has 2 aliphatic heterocycles. The molecule has 0 bridgehead atoms. The Labute approximate surface area is 162 Å². The number of nitrogens with one attached hydrogen (secondary N) is 2. The zero-order chi connectivity index (χ0) is 19.4. The van der Waals surface area contributed by atoms with Crippen LogP contribution in [-0.4, -0.2) is 98.2 Å². The molecule has 2 aliphatic rings. The number of ether oxygens (including phenoxy) is 1. The molecule has 0 aliphatic carbocycles. The van der Waals surface area contributed by atoms with Gasteiger partial charge >= 0.3 is 0 Å². The normalized spacial score (nSPS) is 40.2. The third-order valence-electron chi connectivity index (χ3n) is 4.83. The number of hydrogen-bond donors (Lipinski definition) is 6. The van der Waals surface area contributed by atoms with E-state index in [1.54, 1.807) is 18.0 Å². The van der Waals surface area contributed by atoms with Gasteiger partial charge in [0.2, 0.25) is 5.91 Å². The van der Waals surface area contributed by atoms with Crippen molar-refractivity contribution in [1.82, 2.24) is 10.6 Å². The van der Waals surface area contributed by atoms with Gasteiger partial charge in [0.25, 0.3) is 0 Å². The molecule has 0 radical (unpaired) electrons. The first kappa shape index (κ1) is 22.2. The minimum Gasteiger partial charge on any atom is -0.391 e. The molecule has 0 aromatic rings. The molecular weight excluding hydrogens is 380 g/mol. The van der Waals surface area contributed by atoms with Crippen molar-refractivity contribution < 1.29 is 30.0 Å². The second-order valence-corrected chi connectivity index (χ2v) is 9.24. The second kappa shape index (κ2) is 9.92. The number of carbonyl (C=O) groups excluding carboxylic acids is 1. The summed E-state index contributed by atoms with van der Waals surface area (Å²) in [4.78, 5) is 12.6. The first-order valence-electron chi connectivity index (χ1n) is 8.86. The summed E-state index contributed by atoms with van der Waals surface area (Å²) < 4.78 is 5.68. The average molecular weight is 411 g/mol. The van der Waals surface area contributed by atoms with Crippen LogP contribution in [0.15, 0.2) is 0 Å². The first-order chi connectivity index (χ1) is 12.3. The zero-order valence-corrected chi connectivity index (χ0v) is 16.9. The van der Waals surface area contributed by atoms with Crippen LogP contribution < -0.4 is 10.6 Å². The Kier molecular flexibility index (Phi) is 8.48. The van der Waals surface area contributed by atoms with E-state index < -0.39 is 42.0 Å². The summed E-state index contributed by atoms with van der Waals surface area (Å²) in [5.74, 6) is 0.710. The van der Waals surface area contributed by atoms with Crippen molar-refractivity contribution in [2.24, 2.45) is 0 Å². The molecule has 6 N–H and O–H groups in total. The Morgan fingerprint density at radius 1 is 1.31 bits per heavy atom. The lowest BCUT2D eigenvalue weighted by Crippen LogP contribution is -2.65. The fraction of sp³-hybridized carbons (Fsp3) is 0.938. The van der Waals surface area contributed by atoms with E-state index in [1.807, 2.05) is 0 Å². The molecule has 8 nitrogen and oxygen atoms in total. The van der Waals surface area contributed by atoms with Gasteiger partial charge in [0.15, 0.2) is 0 Å². The molecule has 2 saturated heterocycles. The van der Waals surface area contributed by atoms with Crippen LogP contribution in [0.3, 0.4) is 0 Å². The number of thioether (sulfide) groups is 2. The van der Waals surface area contributed by atoms with Crippen LogP contribution in [0.4, 0.5) is 0 Å². The van der Waals surface area contributed by atoms with Gasteiger partial charge in [-0.1, -0.05) is 6.92 Å². The van der Waals surface area contributed by atoms with Gasteiger partial charge in [-0.05, 0) is 25.4 Å². The van der Waals surface area contributed by atoms with Crippen LogP contribution in [0.1, 0.15) is 20.3 Å². The molecule has 10 heteroatoms. The standard InChI is InChI=1S/C16H30N2O6S2/c1-4-26-8-5-9(17-6-8)15(23)18-10(7(2)19)14-12(21)11(20)13(22)16(24-14)25-3/h7-14,16-17,19-22H,4-6H2,1-3H3,(H,18,23)/t7-,8+,9+,10-,11+,12-,13?,14-,16-/m1/s1. The summed E-state index contributed by atoms with van der Waals surface area (Å²) in [5, 5.41) is 46.8. The van der Waals surface area contributed by atoms with Crippen molar-refractivity contribution in [3.05, 3.63) is 0 Å². The van der Waals surface area contributed by atoms with E-state index in [0.717, 1.165) is 12.3 Å². The minimum absolute atomic E-state index is 0.271. The summed E-state index contributed by atoms with van der Waals surface area (Å²) in [6.45, 7) is 4.31. The van der Waals surface area contributed by atoms with Gasteiger partial charge in [0.05, 0.1) is 18.2 Å². The Balaban J connectivity index is 2.05. The number of hydrogen-bond acceptors (Lipinski definition) is 9. The van der Waals surface area contributed by atoms with Gasteiger partial charge in [0.1, 0.15) is 29.9 Å². The maximum atomic E-state index is 12.6. The lowest BCUT2D eigenvalue weighted by atomic mass is 9.92. The van der Waals surface area contributed by atoms with Crippen LogP contribution >= 0.6 is 23.5 Å². The van der Waals surface area contributed by atoms with Gasteiger partial charge in [-0.15, -0.1) is 11.8 Å². The number of amides is 1. The first-order valence-corrected chi connectivity index (χ1v) is 11.2. The molecule has 1 unspecified atom stereocenters. The monoisotopic (exact) mass is 410 g/mol. The molecule has 2 fully saturated rings. The average Bonchev–Trinajstić information content (AvgIpc) is 3.07. The summed E-state index contributed by atoms with van der Waals surface area (Å²) in [5.41, 5.74) is -0.758. The molecule has 0 saturated carbocycles. The lowest BCUT2D eigenvalue weighted by molar-refractivity contribution is -0.211. The van der Waals surface area contributed by atoms with Gasteiger partial charge in [-0.2, -0.15) is 11.8 Å². The van der Waals surface area contributed by atoms with Crippen molar-refractivity contribution in [3.63, 3.8) is 0 Å². The fourth-order valence-corrected chi connectivity index (χ4v) is 5.07. The number of aliphatic hydroxyl groups excluding tert-OH is 4. The summed E-state index contributed by atoms with van der Waals surface area (Å²) in [6, 6.07) is -1.28. The molecule has 152 valence electrons. The van der Waals surface area contributed by atoms with E-state index >= 15 is 0 Å². The Hall–Kier alpha value is -0.0700. The number of carbonyl (C=O) groups is 1. The lowest BCUT2D eigenvalue weighted by Gasteiger charge is -2.44. The van der Waals surface area contributed by atoms with Crippen molar-refractivity contribution in [2.75, 3.05) is 18.6 Å². The molecule has 9 atom stereocenters. The SMILES string of the molecule is CCS[C@@H]1CN[C@H](C(=O)N[C@@H]([C@H]2O[C@H](SC)C(O)[C@@H](O)[C@H]2O)[C@@H](C)O)C1. The third-order valence-corrected chi connectivity index (χ3v) is 6.85. The number of aliphatic hydroxyl groups is 4. The van der Waals surface area contributed by atoms with E-state index in [4.69, 9.17) is 4.74 Å². The van der Waals surface area contributed by atoms with Gasteiger partial charge in [-0.25, -0.2) is 0 Å². The minimum atomic E-state index is -1.42. The van der Waals surface area contributed by atoms with Crippen LogP contribution in [0.25, 0.3) is 0 Å². The highest BCUT2D eigenvalue weighted by Crippen LogP contribution is 2.29. The Bertz CT molecular complexity index is 470. The van der Waals surface area contributed by atoms with E-state index in [2.05, 4.69) is 17.6 Å². The quantitative estimate of drug-likeness (QED) is 0.297. The maximum Gasteiger partial charge on any atom is 0.237 e. The van der Waals surface area contributed by atoms with Crippen molar-refractivity contribution in [3.8, 4) is 0 Å². The number of rotatable bonds is 7. The molecule has 2 heterocycles. The van der Waals surface area contributed by atoms with Crippen molar-refractivity contribution in [2.45, 2.75) is 73.6 Å². The molecule has 26 heavy (non-hydrogen) atoms. The van der Waals surface area contributed by atoms with E-state index in [-0.39, 0.29) is 11.9 Å². The maximum absolute atomic E-state index is 12.6. The summed E-state index contributed by atoms with van der Waals surface area (Å²) in [6.07, 6.45) is -3.72. The van der Waals surface area contributed by atoms with Crippen molar-refractivity contribution in [1.29, 1.82) is 0 Å². The predicted octanol–water partition coefficient (Wildman–Crippen LogP) is -1.49. The Morgan fingerprint density at radius 3 is 2.58 bits per heavy atom. The molecule has 0 aromatic heterocycles. The molecule has 1 amide bonds. The van der Waals surface area contributed by atoms with Gasteiger partial charge in [-0.3, -0.25) is 4.79 Å². The van der Waals surface area contributed by atoms with Crippen LogP contribution in [-0.2, 0) is 9.53 Å². The van der Waals surface area contributed by atoms with E-state index in [1.165, 1.54) is 18.7 Å². The smallest absolute Gasteiger partial charge is 0.237 e. The van der Waals surface area contributed by atoms with Crippen LogP contribution in [0, 0.1) is 0 Å². The molecule has 2 rings (SSSR count). The van der Waals surface area contributed by atoms with Gasteiger partial charge in [0, 0.05) is 11.8 Å². The van der Waals surface area contributed by atoms with Gasteiger partial charge < -0.3 is 35.8 Å². The van der Waals surface area contributed by atoms with E-state index in [0.29, 0.717) is 11.7 Å². The highest BCUT2D eigenvalue weighted by molar-refractivity contribution is 7.99. The highest BCUT2D eigenvalue weighted by atomic mass is 32.2. The topological polar surface area (TPSA) is 131 Å². The molecule has 0 spiro atoms. The molecule has 0 aromatic carbocycles. The van der Waals surface area contributed by atoms with Crippen LogP contribution in [0.5, 0.6) is 0 Å². The summed E-state index contributed by atoms with van der Waals surface area (Å²) >= 11 is 2.99. The molecular formula is C16H30N2O6S2. The van der Waals surface area contributed by atoms with Crippen LogP contribution in [0.2, 0.25) is 0 Å². The largest absolute Gasteiger partial charge is 0.391 e. The second-order valence-electron chi connectivity index (χ2n) is 6.73. The summed E-state index contributed by atoms with van der Waals surface area (Å²) in [7, 11) is 0. The highest BCUT2D eigenvalue weighted by Gasteiger charge is 2.48. The zero-order valence-electron chi connectivity index (χ0n) is 15.2. The van der Waals surface area contributed by atoms with E-state index in [9.17, 15) is 25.2 Å². The van der Waals surface area contributed by atoms with Crippen molar-refractivity contribution >= 4 is 29.4 Å².